The van der Waals surface area contributed by atoms with Gasteiger partial charge in [-0.1, -0.05) is 6.07 Å². The average Bonchev–Trinajstić information content (AvgIpc) is 3.16. The van der Waals surface area contributed by atoms with E-state index in [1.165, 1.54) is 6.07 Å². The number of halogens is 3. The zero-order chi connectivity index (χ0) is 22.4. The summed E-state index contributed by atoms with van der Waals surface area (Å²) in [6.45, 7) is 5.62. The van der Waals surface area contributed by atoms with Crippen LogP contribution < -0.4 is 10.1 Å². The number of nitrogens with one attached hydrogen (secondary N) is 1. The molecule has 0 spiro atoms. The zero-order valence-electron chi connectivity index (χ0n) is 17.9. The molecule has 0 radical (unpaired) electrons. The van der Waals surface area contributed by atoms with Gasteiger partial charge in [0.15, 0.2) is 0 Å². The summed E-state index contributed by atoms with van der Waals surface area (Å²) in [5.74, 6) is 0.385. The molecule has 0 saturated heterocycles. The second-order valence-electron chi connectivity index (χ2n) is 8.93. The van der Waals surface area contributed by atoms with Gasteiger partial charge in [-0.2, -0.15) is 18.3 Å². The van der Waals surface area contributed by atoms with Crippen molar-refractivity contribution in [3.8, 4) is 5.88 Å². The van der Waals surface area contributed by atoms with Crippen LogP contribution in [0.1, 0.15) is 62.2 Å². The summed E-state index contributed by atoms with van der Waals surface area (Å²) in [5.41, 5.74) is 0.350. The first kappa shape index (κ1) is 21.6. The van der Waals surface area contributed by atoms with Crippen LogP contribution in [0.3, 0.4) is 0 Å². The molecular weight excluding hydrogens is 409 g/mol. The van der Waals surface area contributed by atoms with Crippen molar-refractivity contribution in [3.05, 3.63) is 40.8 Å². The SMILES string of the molecule is C[C@@H](NC(=O)C1CCc2nc(C(C)(C)C(F)(F)F)ccc2C1)c1cnn2c1OCCC2. The molecule has 168 valence electrons. The van der Waals surface area contributed by atoms with Crippen molar-refractivity contribution >= 4 is 5.91 Å². The third-order valence-corrected chi connectivity index (χ3v) is 6.38. The van der Waals surface area contributed by atoms with Gasteiger partial charge in [0.2, 0.25) is 11.8 Å². The van der Waals surface area contributed by atoms with Crippen molar-refractivity contribution in [3.63, 3.8) is 0 Å². The average molecular weight is 436 g/mol. The highest BCUT2D eigenvalue weighted by molar-refractivity contribution is 5.79. The van der Waals surface area contributed by atoms with Gasteiger partial charge in [-0.05, 0) is 51.7 Å². The van der Waals surface area contributed by atoms with Gasteiger partial charge in [0.1, 0.15) is 5.41 Å². The second-order valence-corrected chi connectivity index (χ2v) is 8.93. The number of amides is 1. The van der Waals surface area contributed by atoms with E-state index >= 15 is 0 Å². The fourth-order valence-electron chi connectivity index (χ4n) is 4.12. The van der Waals surface area contributed by atoms with E-state index < -0.39 is 11.6 Å². The first-order valence-electron chi connectivity index (χ1n) is 10.6. The minimum absolute atomic E-state index is 0.0151. The Kier molecular flexibility index (Phi) is 5.47. The normalized spacial score (nSPS) is 19.7. The van der Waals surface area contributed by atoms with E-state index in [9.17, 15) is 18.0 Å². The largest absolute Gasteiger partial charge is 0.478 e. The summed E-state index contributed by atoms with van der Waals surface area (Å²) >= 11 is 0. The van der Waals surface area contributed by atoms with Crippen molar-refractivity contribution in [1.29, 1.82) is 0 Å². The first-order valence-corrected chi connectivity index (χ1v) is 10.6. The van der Waals surface area contributed by atoms with Gasteiger partial charge in [0.05, 0.1) is 30.1 Å². The van der Waals surface area contributed by atoms with Crippen LogP contribution in [0.2, 0.25) is 0 Å². The van der Waals surface area contributed by atoms with E-state index in [0.29, 0.717) is 37.4 Å². The first-order chi connectivity index (χ1) is 14.6. The zero-order valence-corrected chi connectivity index (χ0v) is 17.9. The summed E-state index contributed by atoms with van der Waals surface area (Å²) in [5, 5.41) is 7.37. The number of rotatable bonds is 4. The molecule has 0 saturated carbocycles. The van der Waals surface area contributed by atoms with Crippen molar-refractivity contribution in [2.45, 2.75) is 70.6 Å². The number of ether oxygens (including phenoxy) is 1. The highest BCUT2D eigenvalue weighted by Crippen LogP contribution is 2.40. The Morgan fingerprint density at radius 2 is 2.10 bits per heavy atom. The van der Waals surface area contributed by atoms with Gasteiger partial charge >= 0.3 is 6.18 Å². The molecule has 0 fully saturated rings. The van der Waals surface area contributed by atoms with Crippen molar-refractivity contribution in [2.75, 3.05) is 6.61 Å². The molecule has 2 aromatic rings. The maximum atomic E-state index is 13.4. The van der Waals surface area contributed by atoms with Crippen LogP contribution in [0.5, 0.6) is 5.88 Å². The van der Waals surface area contributed by atoms with E-state index in [0.717, 1.165) is 37.9 Å². The number of carbonyl (C=O) groups excluding carboxylic acids is 1. The minimum atomic E-state index is -4.38. The van der Waals surface area contributed by atoms with E-state index in [2.05, 4.69) is 15.4 Å². The topological polar surface area (TPSA) is 69.0 Å². The summed E-state index contributed by atoms with van der Waals surface area (Å²) in [6.07, 6.45) is -0.233. The maximum absolute atomic E-state index is 13.4. The lowest BCUT2D eigenvalue weighted by atomic mass is 9.83. The highest BCUT2D eigenvalue weighted by Gasteiger charge is 2.49. The molecule has 9 heteroatoms. The number of nitrogens with zero attached hydrogens (tertiary/aromatic N) is 3. The number of alkyl halides is 3. The Morgan fingerprint density at radius 3 is 2.84 bits per heavy atom. The standard InChI is InChI=1S/C22H27F3N4O2/c1-13(16-12-26-29-9-4-10-31-20(16)29)27-19(30)15-5-7-17-14(11-15)6-8-18(28-17)21(2,3)22(23,24)25/h6,8,12-13,15H,4-5,7,9-11H2,1-3H3,(H,27,30)/t13-,15?/m1/s1. The fraction of sp³-hybridized carbons (Fsp3) is 0.591. The molecule has 31 heavy (non-hydrogen) atoms. The number of aryl methyl sites for hydroxylation is 2. The lowest BCUT2D eigenvalue weighted by Crippen LogP contribution is -2.38. The van der Waals surface area contributed by atoms with Crippen LogP contribution in [-0.2, 0) is 29.6 Å². The molecule has 3 heterocycles. The lowest BCUT2D eigenvalue weighted by Gasteiger charge is -2.30. The van der Waals surface area contributed by atoms with E-state index in [1.807, 2.05) is 11.6 Å². The van der Waals surface area contributed by atoms with Gasteiger partial charge < -0.3 is 10.1 Å². The van der Waals surface area contributed by atoms with Crippen LogP contribution in [0, 0.1) is 5.92 Å². The Labute approximate surface area is 179 Å². The molecule has 2 aliphatic rings. The van der Waals surface area contributed by atoms with E-state index in [1.54, 1.807) is 12.3 Å². The van der Waals surface area contributed by atoms with Crippen molar-refractivity contribution in [2.24, 2.45) is 5.92 Å². The minimum Gasteiger partial charge on any atom is -0.478 e. The molecule has 1 aliphatic carbocycles. The van der Waals surface area contributed by atoms with Gasteiger partial charge in [-0.15, -0.1) is 0 Å². The van der Waals surface area contributed by atoms with Crippen LogP contribution in [0.15, 0.2) is 18.3 Å². The van der Waals surface area contributed by atoms with Crippen molar-refractivity contribution in [1.82, 2.24) is 20.1 Å². The van der Waals surface area contributed by atoms with E-state index in [-0.39, 0.29) is 23.6 Å². The van der Waals surface area contributed by atoms with Crippen LogP contribution in [-0.4, -0.2) is 33.5 Å². The van der Waals surface area contributed by atoms with Gasteiger partial charge in [-0.25, -0.2) is 4.68 Å². The number of fused-ring (bicyclic) bond motifs is 2. The molecule has 4 rings (SSSR count). The molecule has 1 aliphatic heterocycles. The fourth-order valence-corrected chi connectivity index (χ4v) is 4.12. The second kappa shape index (κ2) is 7.84. The van der Waals surface area contributed by atoms with Crippen LogP contribution in [0.4, 0.5) is 13.2 Å². The van der Waals surface area contributed by atoms with Gasteiger partial charge in [-0.3, -0.25) is 9.78 Å². The molecule has 1 amide bonds. The van der Waals surface area contributed by atoms with Gasteiger partial charge in [0.25, 0.3) is 0 Å². The summed E-state index contributed by atoms with van der Waals surface area (Å²) in [7, 11) is 0. The maximum Gasteiger partial charge on any atom is 0.399 e. The number of carbonyl (C=O) groups is 1. The predicted octanol–water partition coefficient (Wildman–Crippen LogP) is 3.88. The molecule has 0 aromatic carbocycles. The molecule has 1 N–H and O–H groups in total. The highest BCUT2D eigenvalue weighted by atomic mass is 19.4. The number of hydrogen-bond donors (Lipinski definition) is 1. The molecule has 1 unspecified atom stereocenters. The quantitative estimate of drug-likeness (QED) is 0.790. The molecule has 2 aromatic heterocycles. The van der Waals surface area contributed by atoms with Crippen LogP contribution in [0.25, 0.3) is 0 Å². The smallest absolute Gasteiger partial charge is 0.399 e. The lowest BCUT2D eigenvalue weighted by molar-refractivity contribution is -0.181. The Balaban J connectivity index is 1.44. The van der Waals surface area contributed by atoms with Crippen molar-refractivity contribution < 1.29 is 22.7 Å². The number of hydrogen-bond acceptors (Lipinski definition) is 4. The molecule has 2 atom stereocenters. The Morgan fingerprint density at radius 1 is 1.32 bits per heavy atom. The third-order valence-electron chi connectivity index (χ3n) is 6.38. The van der Waals surface area contributed by atoms with Gasteiger partial charge in [0, 0.05) is 24.6 Å². The third kappa shape index (κ3) is 4.02. The Hall–Kier alpha value is -2.58. The predicted molar refractivity (Wildman–Crippen MR) is 108 cm³/mol. The number of aromatic nitrogens is 3. The Bertz CT molecular complexity index is 984. The summed E-state index contributed by atoms with van der Waals surface area (Å²) < 4.78 is 47.6. The molecule has 0 bridgehead atoms. The molecular formula is C22H27F3N4O2. The van der Waals surface area contributed by atoms with E-state index in [4.69, 9.17) is 4.74 Å². The summed E-state index contributed by atoms with van der Waals surface area (Å²) in [6, 6.07) is 2.88. The molecule has 6 nitrogen and oxygen atoms in total. The van der Waals surface area contributed by atoms with Crippen LogP contribution >= 0.6 is 0 Å². The monoisotopic (exact) mass is 436 g/mol. The summed E-state index contributed by atoms with van der Waals surface area (Å²) in [4.78, 5) is 17.2. The number of pyridine rings is 1.